The van der Waals surface area contributed by atoms with Crippen molar-refractivity contribution >= 4 is 6.03 Å². The predicted octanol–water partition coefficient (Wildman–Crippen LogP) is 3.53. The molecule has 9 heteroatoms. The molecule has 1 fully saturated rings. The summed E-state index contributed by atoms with van der Waals surface area (Å²) in [5.41, 5.74) is -1.64. The molecule has 28 heavy (non-hydrogen) atoms. The van der Waals surface area contributed by atoms with Gasteiger partial charge >= 0.3 is 12.2 Å². The Labute approximate surface area is 162 Å². The highest BCUT2D eigenvalue weighted by Gasteiger charge is 2.35. The van der Waals surface area contributed by atoms with E-state index in [2.05, 4.69) is 15.5 Å². The van der Waals surface area contributed by atoms with Gasteiger partial charge in [0.05, 0.1) is 17.8 Å². The summed E-state index contributed by atoms with van der Waals surface area (Å²) in [6, 6.07) is 1.81. The molecule has 2 atom stereocenters. The molecule has 5 nitrogen and oxygen atoms in total. The van der Waals surface area contributed by atoms with Crippen molar-refractivity contribution in [1.82, 2.24) is 15.5 Å². The largest absolute Gasteiger partial charge is 0.416 e. The van der Waals surface area contributed by atoms with Gasteiger partial charge < -0.3 is 15.4 Å². The molecule has 1 aromatic carbocycles. The maximum Gasteiger partial charge on any atom is 0.416 e. The molecule has 0 aromatic heterocycles. The molecule has 1 saturated heterocycles. The van der Waals surface area contributed by atoms with E-state index in [-0.39, 0.29) is 29.9 Å². The van der Waals surface area contributed by atoms with Gasteiger partial charge in [-0.25, -0.2) is 9.18 Å². The topological polar surface area (TPSA) is 53.6 Å². The minimum absolute atomic E-state index is 0.0797. The lowest BCUT2D eigenvalue weighted by Gasteiger charge is -2.45. The van der Waals surface area contributed by atoms with E-state index < -0.39 is 23.6 Å². The molecule has 2 amide bonds. The number of amides is 2. The second-order valence-electron chi connectivity index (χ2n) is 7.81. The minimum atomic E-state index is -4.69. The van der Waals surface area contributed by atoms with Crippen molar-refractivity contribution in [3.8, 4) is 0 Å². The van der Waals surface area contributed by atoms with Crippen LogP contribution in [0, 0.1) is 5.82 Å². The van der Waals surface area contributed by atoms with Crippen LogP contribution in [0.15, 0.2) is 18.2 Å². The molecule has 1 aliphatic heterocycles. The van der Waals surface area contributed by atoms with Gasteiger partial charge in [-0.2, -0.15) is 13.2 Å². The van der Waals surface area contributed by atoms with Gasteiger partial charge in [-0.05, 0) is 45.4 Å². The molecule has 0 spiro atoms. The highest BCUT2D eigenvalue weighted by Crippen LogP contribution is 2.32. The van der Waals surface area contributed by atoms with E-state index >= 15 is 0 Å². The Bertz CT molecular complexity index is 684. The first-order chi connectivity index (χ1) is 12.9. The minimum Gasteiger partial charge on any atom is -0.373 e. The molecule has 2 N–H and O–H groups in total. The quantitative estimate of drug-likeness (QED) is 0.737. The lowest BCUT2D eigenvalue weighted by atomic mass is 10.00. The van der Waals surface area contributed by atoms with Crippen LogP contribution in [-0.4, -0.2) is 48.3 Å². The molecular weight excluding hydrogens is 378 g/mol. The molecule has 0 radical (unpaired) electrons. The number of halogens is 4. The number of hydrogen-bond acceptors (Lipinski definition) is 3. The Morgan fingerprint density at radius 3 is 2.36 bits per heavy atom. The summed E-state index contributed by atoms with van der Waals surface area (Å²) < 4.78 is 57.9. The zero-order valence-corrected chi connectivity index (χ0v) is 16.5. The normalized spacial score (nSPS) is 21.4. The van der Waals surface area contributed by atoms with E-state index in [0.717, 1.165) is 25.2 Å². The molecule has 2 rings (SSSR count). The van der Waals surface area contributed by atoms with E-state index in [1.807, 2.05) is 27.7 Å². The van der Waals surface area contributed by atoms with Gasteiger partial charge in [0.1, 0.15) is 5.82 Å². The number of nitrogens with zero attached hydrogens (tertiary/aromatic N) is 1. The molecule has 0 bridgehead atoms. The van der Waals surface area contributed by atoms with Crippen molar-refractivity contribution in [2.75, 3.05) is 19.6 Å². The van der Waals surface area contributed by atoms with E-state index in [1.165, 1.54) is 0 Å². The molecular formula is C19H27F4N3O2. The van der Waals surface area contributed by atoms with Gasteiger partial charge in [-0.1, -0.05) is 6.07 Å². The number of nitrogens with one attached hydrogen (secondary N) is 2. The van der Waals surface area contributed by atoms with Crippen LogP contribution in [0.5, 0.6) is 0 Å². The number of morpholine rings is 1. The van der Waals surface area contributed by atoms with Gasteiger partial charge in [0.2, 0.25) is 0 Å². The summed E-state index contributed by atoms with van der Waals surface area (Å²) >= 11 is 0. The van der Waals surface area contributed by atoms with Crippen LogP contribution in [0.1, 0.15) is 38.8 Å². The van der Waals surface area contributed by atoms with Gasteiger partial charge in [0.15, 0.2) is 0 Å². The van der Waals surface area contributed by atoms with Crippen LogP contribution in [-0.2, 0) is 17.5 Å². The molecule has 1 aliphatic rings. The number of urea groups is 1. The summed E-state index contributed by atoms with van der Waals surface area (Å²) in [5, 5.41) is 5.11. The molecule has 1 heterocycles. The number of alkyl halides is 3. The third-order valence-electron chi connectivity index (χ3n) is 4.77. The first-order valence-corrected chi connectivity index (χ1v) is 9.16. The maximum absolute atomic E-state index is 13.1. The average Bonchev–Trinajstić information content (AvgIpc) is 2.57. The van der Waals surface area contributed by atoms with Crippen molar-refractivity contribution in [2.24, 2.45) is 0 Å². The number of hydrogen-bond donors (Lipinski definition) is 2. The highest BCUT2D eigenvalue weighted by atomic mass is 19.4. The van der Waals surface area contributed by atoms with Crippen molar-refractivity contribution in [3.05, 3.63) is 35.1 Å². The van der Waals surface area contributed by atoms with Crippen LogP contribution in [0.4, 0.5) is 22.4 Å². The van der Waals surface area contributed by atoms with Crippen molar-refractivity contribution in [3.63, 3.8) is 0 Å². The average molecular weight is 405 g/mol. The van der Waals surface area contributed by atoms with Crippen molar-refractivity contribution in [1.29, 1.82) is 0 Å². The summed E-state index contributed by atoms with van der Waals surface area (Å²) in [7, 11) is 0. The van der Waals surface area contributed by atoms with Crippen LogP contribution in [0.3, 0.4) is 0 Å². The number of carbonyl (C=O) groups is 1. The molecule has 2 unspecified atom stereocenters. The van der Waals surface area contributed by atoms with Gasteiger partial charge in [0, 0.05) is 31.7 Å². The van der Waals surface area contributed by atoms with Crippen LogP contribution >= 0.6 is 0 Å². The summed E-state index contributed by atoms with van der Waals surface area (Å²) in [6.07, 6.45) is -4.53. The van der Waals surface area contributed by atoms with Crippen molar-refractivity contribution in [2.45, 2.75) is 58.2 Å². The maximum atomic E-state index is 13.1. The van der Waals surface area contributed by atoms with Crippen LogP contribution in [0.2, 0.25) is 0 Å². The zero-order valence-electron chi connectivity index (χ0n) is 16.5. The molecule has 0 saturated carbocycles. The molecule has 158 valence electrons. The highest BCUT2D eigenvalue weighted by molar-refractivity contribution is 5.74. The lowest BCUT2D eigenvalue weighted by molar-refractivity contribution is -0.138. The van der Waals surface area contributed by atoms with Gasteiger partial charge in [-0.3, -0.25) is 4.90 Å². The van der Waals surface area contributed by atoms with Crippen LogP contribution in [0.25, 0.3) is 0 Å². The summed E-state index contributed by atoms with van der Waals surface area (Å²) in [6.45, 7) is 9.36. The fourth-order valence-corrected chi connectivity index (χ4v) is 3.29. The number of benzene rings is 1. The standard InChI is InChI=1S/C19H27F4N3O2/c1-12-9-26(10-13(2)28-12)18(3,4)11-25-17(27)24-8-14-5-6-15(20)7-16(14)19(21,22)23/h5-7,12-13H,8-11H2,1-4H3,(H2,24,25,27). The fourth-order valence-electron chi connectivity index (χ4n) is 3.29. The molecule has 1 aromatic rings. The van der Waals surface area contributed by atoms with Gasteiger partial charge in [0.25, 0.3) is 0 Å². The van der Waals surface area contributed by atoms with E-state index in [9.17, 15) is 22.4 Å². The predicted molar refractivity (Wildman–Crippen MR) is 97.3 cm³/mol. The Balaban J connectivity index is 1.91. The Morgan fingerprint density at radius 1 is 1.18 bits per heavy atom. The van der Waals surface area contributed by atoms with Crippen molar-refractivity contribution < 1.29 is 27.1 Å². The third kappa shape index (κ3) is 6.07. The zero-order chi connectivity index (χ0) is 21.1. The smallest absolute Gasteiger partial charge is 0.373 e. The second-order valence-corrected chi connectivity index (χ2v) is 7.81. The SMILES string of the molecule is CC1CN(C(C)(C)CNC(=O)NCc2ccc(F)cc2C(F)(F)F)CC(C)O1. The first kappa shape index (κ1) is 22.4. The Hall–Kier alpha value is -1.87. The second kappa shape index (κ2) is 8.65. The van der Waals surface area contributed by atoms with Crippen LogP contribution < -0.4 is 10.6 Å². The lowest BCUT2D eigenvalue weighted by Crippen LogP contribution is -2.59. The third-order valence-corrected chi connectivity index (χ3v) is 4.77. The summed E-state index contributed by atoms with van der Waals surface area (Å²) in [4.78, 5) is 14.3. The molecule has 0 aliphatic carbocycles. The van der Waals surface area contributed by atoms with Gasteiger partial charge in [-0.15, -0.1) is 0 Å². The van der Waals surface area contributed by atoms with E-state index in [1.54, 1.807) is 0 Å². The Morgan fingerprint density at radius 2 is 1.79 bits per heavy atom. The fraction of sp³-hybridized carbons (Fsp3) is 0.632. The number of ether oxygens (including phenoxy) is 1. The van der Waals surface area contributed by atoms with E-state index in [0.29, 0.717) is 12.6 Å². The van der Waals surface area contributed by atoms with E-state index in [4.69, 9.17) is 4.74 Å². The number of carbonyl (C=O) groups excluding carboxylic acids is 1. The number of rotatable bonds is 5. The first-order valence-electron chi connectivity index (χ1n) is 9.16. The Kier molecular flexibility index (Phi) is 6.93. The summed E-state index contributed by atoms with van der Waals surface area (Å²) in [5.74, 6) is -0.976. The monoisotopic (exact) mass is 405 g/mol.